The summed E-state index contributed by atoms with van der Waals surface area (Å²) in [7, 11) is 0. The molecule has 31 heavy (non-hydrogen) atoms. The normalized spacial score (nSPS) is 29.7. The minimum atomic E-state index is -0.783. The summed E-state index contributed by atoms with van der Waals surface area (Å²) in [5, 5.41) is 9.74. The van der Waals surface area contributed by atoms with Crippen molar-refractivity contribution in [3.05, 3.63) is 5.69 Å². The molecular weight excluding hydrogens is 485 g/mol. The first-order chi connectivity index (χ1) is 15.0. The summed E-state index contributed by atoms with van der Waals surface area (Å²) in [4.78, 5) is 0. The van der Waals surface area contributed by atoms with Crippen LogP contribution in [-0.4, -0.2) is 36.1 Å². The summed E-state index contributed by atoms with van der Waals surface area (Å²) in [6.45, 7) is 10.6. The summed E-state index contributed by atoms with van der Waals surface area (Å²) < 4.78 is 4.47. The SMILES string of the molecule is CCCC[C](CCCC)(CCCC)[Sn][c]1nnn(CC23CC4CC(CC(C4)C2)C3)c1C. The minimum absolute atomic E-state index is 0.555. The third kappa shape index (κ3) is 5.54. The second kappa shape index (κ2) is 10.5. The molecule has 0 atom stereocenters. The quantitative estimate of drug-likeness (QED) is 0.260. The molecule has 1 heterocycles. The van der Waals surface area contributed by atoms with Crippen molar-refractivity contribution < 1.29 is 0 Å². The van der Waals surface area contributed by atoms with Crippen molar-refractivity contribution in [2.24, 2.45) is 23.2 Å². The van der Waals surface area contributed by atoms with E-state index in [4.69, 9.17) is 10.3 Å². The standard InChI is InChI=1S/C14H20N3.C13H27.Sn/c1-10-8-15-16-17(10)9-14-5-11-2-12(6-14)4-13(3-11)7-14;1-4-7-10-13(11-8-5-2)12-9-6-3;/h11-13H,2-7,9H2,1H3;4-12H2,1-3H3;. The molecule has 4 fully saturated rings. The van der Waals surface area contributed by atoms with Crippen molar-refractivity contribution in [2.75, 3.05) is 0 Å². The summed E-state index contributed by atoms with van der Waals surface area (Å²) in [6.07, 6.45) is 21.5. The van der Waals surface area contributed by atoms with E-state index in [9.17, 15) is 0 Å². The fourth-order valence-corrected chi connectivity index (χ4v) is 13.0. The monoisotopic (exact) mass is 533 g/mol. The van der Waals surface area contributed by atoms with E-state index in [0.29, 0.717) is 8.85 Å². The number of hydrogen-bond donors (Lipinski definition) is 0. The molecule has 1 aromatic heterocycles. The Labute approximate surface area is 202 Å². The first-order valence-corrected chi connectivity index (χ1v) is 16.5. The van der Waals surface area contributed by atoms with Gasteiger partial charge in [0.25, 0.3) is 0 Å². The zero-order chi connectivity index (χ0) is 21.9. The Hall–Kier alpha value is -0.0613. The van der Waals surface area contributed by atoms with Crippen LogP contribution in [0, 0.1) is 30.1 Å². The Morgan fingerprint density at radius 3 is 1.81 bits per heavy atom. The molecule has 2 radical (unpaired) electrons. The molecule has 0 unspecified atom stereocenters. The van der Waals surface area contributed by atoms with Gasteiger partial charge in [0, 0.05) is 0 Å². The van der Waals surface area contributed by atoms with Crippen molar-refractivity contribution in [3.8, 4) is 0 Å². The summed E-state index contributed by atoms with van der Waals surface area (Å²) in [6, 6.07) is 0. The van der Waals surface area contributed by atoms with Gasteiger partial charge in [0.1, 0.15) is 0 Å². The van der Waals surface area contributed by atoms with E-state index >= 15 is 0 Å². The molecule has 0 spiro atoms. The summed E-state index contributed by atoms with van der Waals surface area (Å²) in [5.74, 6) is 3.07. The second-order valence-electron chi connectivity index (χ2n) is 11.8. The fourth-order valence-electron chi connectivity index (χ4n) is 7.79. The molecule has 4 saturated carbocycles. The molecule has 174 valence electrons. The molecule has 0 N–H and O–H groups in total. The van der Waals surface area contributed by atoms with Gasteiger partial charge < -0.3 is 0 Å². The fraction of sp³-hybridized carbons (Fsp3) is 0.926. The van der Waals surface area contributed by atoms with Crippen LogP contribution in [-0.2, 0) is 6.54 Å². The van der Waals surface area contributed by atoms with Gasteiger partial charge in [0.05, 0.1) is 0 Å². The Balaban J connectivity index is 1.50. The van der Waals surface area contributed by atoms with Gasteiger partial charge in [0.15, 0.2) is 0 Å². The molecule has 4 aliphatic rings. The van der Waals surface area contributed by atoms with E-state index in [2.05, 4.69) is 32.4 Å². The van der Waals surface area contributed by atoms with Crippen LogP contribution in [0.2, 0.25) is 3.43 Å². The van der Waals surface area contributed by atoms with E-state index < -0.39 is 21.1 Å². The number of aromatic nitrogens is 3. The van der Waals surface area contributed by atoms with Crippen LogP contribution >= 0.6 is 0 Å². The number of hydrogen-bond acceptors (Lipinski definition) is 2. The predicted molar refractivity (Wildman–Crippen MR) is 132 cm³/mol. The zero-order valence-electron chi connectivity index (χ0n) is 20.9. The third-order valence-corrected chi connectivity index (χ3v) is 14.7. The van der Waals surface area contributed by atoms with Crippen LogP contribution in [0.1, 0.15) is 123 Å². The van der Waals surface area contributed by atoms with Crippen LogP contribution in [0.5, 0.6) is 0 Å². The molecule has 0 aliphatic heterocycles. The van der Waals surface area contributed by atoms with Crippen molar-refractivity contribution in [2.45, 2.75) is 134 Å². The van der Waals surface area contributed by atoms with E-state index in [1.54, 1.807) is 0 Å². The first-order valence-electron chi connectivity index (χ1n) is 13.7. The van der Waals surface area contributed by atoms with Gasteiger partial charge in [-0.2, -0.15) is 0 Å². The maximum atomic E-state index is 4.91. The van der Waals surface area contributed by atoms with Gasteiger partial charge in [-0.3, -0.25) is 0 Å². The Bertz CT molecular complexity index is 652. The molecule has 0 saturated heterocycles. The Kier molecular flexibility index (Phi) is 8.13. The molecule has 1 aromatic rings. The van der Waals surface area contributed by atoms with Crippen molar-refractivity contribution >= 4 is 24.9 Å². The van der Waals surface area contributed by atoms with E-state index in [1.807, 2.05) is 0 Å². The topological polar surface area (TPSA) is 30.7 Å². The molecule has 5 rings (SSSR count). The molecule has 0 amide bonds. The van der Waals surface area contributed by atoms with Crippen LogP contribution in [0.15, 0.2) is 0 Å². The number of unbranched alkanes of at least 4 members (excludes halogenated alkanes) is 3. The average Bonchev–Trinajstić information content (AvgIpc) is 3.06. The van der Waals surface area contributed by atoms with Gasteiger partial charge in [-0.05, 0) is 0 Å². The van der Waals surface area contributed by atoms with Crippen molar-refractivity contribution in [1.82, 2.24) is 15.0 Å². The van der Waals surface area contributed by atoms with Gasteiger partial charge >= 0.3 is 203 Å². The number of nitrogens with zero attached hydrogens (tertiary/aromatic N) is 3. The molecule has 0 aromatic carbocycles. The van der Waals surface area contributed by atoms with Crippen LogP contribution in [0.25, 0.3) is 0 Å². The van der Waals surface area contributed by atoms with Gasteiger partial charge in [-0.25, -0.2) is 0 Å². The first kappa shape index (κ1) is 24.1. The van der Waals surface area contributed by atoms with Crippen molar-refractivity contribution in [3.63, 3.8) is 0 Å². The molecular formula is C27H47N3Sn. The average molecular weight is 532 g/mol. The van der Waals surface area contributed by atoms with Crippen molar-refractivity contribution in [1.29, 1.82) is 0 Å². The van der Waals surface area contributed by atoms with Gasteiger partial charge in [-0.1, -0.05) is 0 Å². The van der Waals surface area contributed by atoms with E-state index in [-0.39, 0.29) is 0 Å². The Morgan fingerprint density at radius 1 is 0.871 bits per heavy atom. The maximum absolute atomic E-state index is 4.91. The summed E-state index contributed by atoms with van der Waals surface area (Å²) >= 11 is -0.783. The molecule has 4 aliphatic carbocycles. The zero-order valence-corrected chi connectivity index (χ0v) is 23.7. The second-order valence-corrected chi connectivity index (χ2v) is 16.9. The van der Waals surface area contributed by atoms with Gasteiger partial charge in [-0.15, -0.1) is 0 Å². The molecule has 4 heteroatoms. The van der Waals surface area contributed by atoms with E-state index in [0.717, 1.165) is 17.8 Å². The van der Waals surface area contributed by atoms with Gasteiger partial charge in [0.2, 0.25) is 0 Å². The Morgan fingerprint density at radius 2 is 1.35 bits per heavy atom. The molecule has 3 nitrogen and oxygen atoms in total. The van der Waals surface area contributed by atoms with E-state index in [1.165, 1.54) is 112 Å². The van der Waals surface area contributed by atoms with Crippen LogP contribution in [0.4, 0.5) is 0 Å². The predicted octanol–water partition coefficient (Wildman–Crippen LogP) is 6.86. The van der Waals surface area contributed by atoms with Crippen LogP contribution in [0.3, 0.4) is 0 Å². The van der Waals surface area contributed by atoms with Crippen LogP contribution < -0.4 is 3.71 Å². The number of rotatable bonds is 13. The summed E-state index contributed by atoms with van der Waals surface area (Å²) in [5.41, 5.74) is 2.01. The molecule has 4 bridgehead atoms. The third-order valence-electron chi connectivity index (χ3n) is 9.04.